The Balaban J connectivity index is 0. The number of rotatable bonds is 3. The quantitative estimate of drug-likeness (QED) is 0.899. The maximum absolute atomic E-state index is 13.0. The maximum atomic E-state index is 13.0. The zero-order valence-electron chi connectivity index (χ0n) is 8.39. The molecule has 86 valence electrons. The largest absolute Gasteiger partial charge is 0.328 e. The van der Waals surface area contributed by atoms with Crippen LogP contribution in [0.1, 0.15) is 18.9 Å². The Labute approximate surface area is 102 Å². The molecule has 2 N–H and O–H groups in total. The molecule has 0 unspecified atom stereocenters. The first-order chi connectivity index (χ1) is 6.20. The number of hydrogen-bond acceptors (Lipinski definition) is 2. The molecule has 1 rings (SSSR count). The van der Waals surface area contributed by atoms with Gasteiger partial charge in [0.1, 0.15) is 5.82 Å². The van der Waals surface area contributed by atoms with E-state index in [0.717, 1.165) is 6.42 Å². The van der Waals surface area contributed by atoms with Crippen LogP contribution in [0.2, 0.25) is 0 Å². The maximum Gasteiger partial charge on any atom is 0.133 e. The molecule has 0 saturated heterocycles. The van der Waals surface area contributed by atoms with Crippen LogP contribution in [0.5, 0.6) is 0 Å². The highest BCUT2D eigenvalue weighted by Gasteiger charge is 1.95. The van der Waals surface area contributed by atoms with Crippen LogP contribution in [0, 0.1) is 5.82 Å². The summed E-state index contributed by atoms with van der Waals surface area (Å²) in [6.07, 6.45) is 7.22. The fourth-order valence-electron chi connectivity index (χ4n) is 0.922. The number of halogens is 3. The van der Waals surface area contributed by atoms with Crippen molar-refractivity contribution in [2.24, 2.45) is 5.73 Å². The molecule has 1 aromatic rings. The van der Waals surface area contributed by atoms with Gasteiger partial charge in [0.05, 0.1) is 0 Å². The highest BCUT2D eigenvalue weighted by molar-refractivity contribution is 5.85. The summed E-state index contributed by atoms with van der Waals surface area (Å²) in [5.74, 6) is -0.254. The van der Waals surface area contributed by atoms with E-state index in [1.807, 2.05) is 13.0 Å². The van der Waals surface area contributed by atoms with Crippen molar-refractivity contribution in [3.8, 4) is 0 Å². The van der Waals surface area contributed by atoms with E-state index in [0.29, 0.717) is 5.56 Å². The van der Waals surface area contributed by atoms with Crippen LogP contribution in [-0.4, -0.2) is 11.0 Å². The molecule has 0 saturated carbocycles. The van der Waals surface area contributed by atoms with Crippen molar-refractivity contribution in [2.45, 2.75) is 19.4 Å². The summed E-state index contributed by atoms with van der Waals surface area (Å²) in [5, 5.41) is 0. The summed E-state index contributed by atoms with van der Waals surface area (Å²) >= 11 is 0. The number of pyridine rings is 1. The van der Waals surface area contributed by atoms with Crippen LogP contribution in [-0.2, 0) is 0 Å². The van der Waals surface area contributed by atoms with Crippen LogP contribution < -0.4 is 5.73 Å². The first-order valence-corrected chi connectivity index (χ1v) is 4.22. The molecule has 1 aromatic heterocycles. The molecule has 5 heteroatoms. The molecule has 0 aliphatic heterocycles. The van der Waals surface area contributed by atoms with Crippen molar-refractivity contribution in [1.29, 1.82) is 0 Å². The Kier molecular flexibility index (Phi) is 9.68. The molecule has 0 aliphatic rings. The van der Waals surface area contributed by atoms with Crippen molar-refractivity contribution >= 4 is 30.9 Å². The summed E-state index contributed by atoms with van der Waals surface area (Å²) in [6, 6.07) is 1.45. The van der Waals surface area contributed by atoms with Gasteiger partial charge >= 0.3 is 0 Å². The highest BCUT2D eigenvalue weighted by Crippen LogP contribution is 2.06. The van der Waals surface area contributed by atoms with Crippen molar-refractivity contribution in [3.05, 3.63) is 35.9 Å². The van der Waals surface area contributed by atoms with Crippen molar-refractivity contribution in [3.63, 3.8) is 0 Å². The molecule has 2 nitrogen and oxygen atoms in total. The SMILES string of the molecule is C[C@H](N)C/C=C/c1cnccc1F.Cl.Cl. The molecule has 1 heterocycles. The highest BCUT2D eigenvalue weighted by atomic mass is 35.5. The molecule has 0 fully saturated rings. The predicted molar refractivity (Wildman–Crippen MR) is 66.0 cm³/mol. The van der Waals surface area contributed by atoms with Crippen LogP contribution in [0.4, 0.5) is 4.39 Å². The van der Waals surface area contributed by atoms with Gasteiger partial charge in [-0.3, -0.25) is 4.98 Å². The average Bonchev–Trinajstić information content (AvgIpc) is 2.08. The third-order valence-corrected chi connectivity index (χ3v) is 1.60. The van der Waals surface area contributed by atoms with Crippen molar-refractivity contribution < 1.29 is 4.39 Å². The van der Waals surface area contributed by atoms with Crippen LogP contribution >= 0.6 is 24.8 Å². The van der Waals surface area contributed by atoms with Crippen LogP contribution in [0.15, 0.2) is 24.5 Å². The minimum atomic E-state index is -0.254. The second kappa shape index (κ2) is 8.65. The van der Waals surface area contributed by atoms with Gasteiger partial charge in [-0.2, -0.15) is 0 Å². The average molecular weight is 253 g/mol. The van der Waals surface area contributed by atoms with E-state index in [4.69, 9.17) is 5.73 Å². The van der Waals surface area contributed by atoms with Gasteiger partial charge in [-0.05, 0) is 19.4 Å². The zero-order valence-corrected chi connectivity index (χ0v) is 10.0. The topological polar surface area (TPSA) is 38.9 Å². The van der Waals surface area contributed by atoms with Gasteiger partial charge in [-0.25, -0.2) is 4.39 Å². The monoisotopic (exact) mass is 252 g/mol. The van der Waals surface area contributed by atoms with Gasteiger partial charge in [-0.1, -0.05) is 12.2 Å². The van der Waals surface area contributed by atoms with Crippen molar-refractivity contribution in [2.75, 3.05) is 0 Å². The van der Waals surface area contributed by atoms with Crippen LogP contribution in [0.3, 0.4) is 0 Å². The van der Waals surface area contributed by atoms with E-state index in [-0.39, 0.29) is 36.7 Å². The minimum absolute atomic E-state index is 0. The van der Waals surface area contributed by atoms with Crippen LogP contribution in [0.25, 0.3) is 6.08 Å². The molecule has 0 aromatic carbocycles. The third-order valence-electron chi connectivity index (χ3n) is 1.60. The lowest BCUT2D eigenvalue weighted by Crippen LogP contribution is -2.12. The third kappa shape index (κ3) is 6.44. The number of hydrogen-bond donors (Lipinski definition) is 1. The molecule has 0 amide bonds. The normalized spacial score (nSPS) is 11.7. The lowest BCUT2D eigenvalue weighted by molar-refractivity contribution is 0.622. The first-order valence-electron chi connectivity index (χ1n) is 4.22. The molecule has 0 radical (unpaired) electrons. The Morgan fingerprint density at radius 2 is 2.20 bits per heavy atom. The molecule has 1 atom stereocenters. The molecule has 0 aliphatic carbocycles. The second-order valence-electron chi connectivity index (χ2n) is 3.01. The summed E-state index contributed by atoms with van der Waals surface area (Å²) in [6.45, 7) is 1.91. The molecule has 0 spiro atoms. The van der Waals surface area contributed by atoms with E-state index >= 15 is 0 Å². The smallest absolute Gasteiger partial charge is 0.133 e. The van der Waals surface area contributed by atoms with Gasteiger partial charge in [-0.15, -0.1) is 24.8 Å². The summed E-state index contributed by atoms with van der Waals surface area (Å²) in [4.78, 5) is 3.82. The van der Waals surface area contributed by atoms with E-state index in [9.17, 15) is 4.39 Å². The van der Waals surface area contributed by atoms with Gasteiger partial charge in [0.2, 0.25) is 0 Å². The van der Waals surface area contributed by atoms with Gasteiger partial charge in [0, 0.05) is 24.0 Å². The van der Waals surface area contributed by atoms with Gasteiger partial charge < -0.3 is 5.73 Å². The van der Waals surface area contributed by atoms with E-state index in [1.165, 1.54) is 18.5 Å². The lowest BCUT2D eigenvalue weighted by atomic mass is 10.2. The van der Waals surface area contributed by atoms with Gasteiger partial charge in [0.25, 0.3) is 0 Å². The number of nitrogens with zero attached hydrogens (tertiary/aromatic N) is 1. The summed E-state index contributed by atoms with van der Waals surface area (Å²) < 4.78 is 13.0. The molecular weight excluding hydrogens is 238 g/mol. The fraction of sp³-hybridized carbons (Fsp3) is 0.300. The standard InChI is InChI=1S/C10H13FN2.2ClH/c1-8(12)3-2-4-9-7-13-6-5-10(9)11;;/h2,4-8H,3,12H2,1H3;2*1H/b4-2+;;/t8-;;/m0../s1. The van der Waals surface area contributed by atoms with Crippen molar-refractivity contribution in [1.82, 2.24) is 4.98 Å². The Morgan fingerprint density at radius 3 is 2.73 bits per heavy atom. The second-order valence-corrected chi connectivity index (χ2v) is 3.01. The van der Waals surface area contributed by atoms with Gasteiger partial charge in [0.15, 0.2) is 0 Å². The van der Waals surface area contributed by atoms with E-state index in [2.05, 4.69) is 4.98 Å². The van der Waals surface area contributed by atoms with E-state index < -0.39 is 0 Å². The fourth-order valence-corrected chi connectivity index (χ4v) is 0.922. The zero-order chi connectivity index (χ0) is 9.68. The molecular formula is C10H15Cl2FN2. The summed E-state index contributed by atoms with van der Waals surface area (Å²) in [7, 11) is 0. The number of nitrogens with two attached hydrogens (primary N) is 1. The Hall–Kier alpha value is -0.640. The lowest BCUT2D eigenvalue weighted by Gasteiger charge is -1.98. The minimum Gasteiger partial charge on any atom is -0.328 e. The molecule has 15 heavy (non-hydrogen) atoms. The summed E-state index contributed by atoms with van der Waals surface area (Å²) in [5.41, 5.74) is 6.04. The Morgan fingerprint density at radius 1 is 1.53 bits per heavy atom. The molecule has 0 bridgehead atoms. The number of aromatic nitrogens is 1. The van der Waals surface area contributed by atoms with E-state index in [1.54, 1.807) is 6.08 Å². The Bertz CT molecular complexity index is 303. The first kappa shape index (κ1) is 16.8. The predicted octanol–water partition coefficient (Wildman–Crippen LogP) is 2.81.